The average Bonchev–Trinajstić information content (AvgIpc) is 2.74. The van der Waals surface area contributed by atoms with Gasteiger partial charge in [0.15, 0.2) is 0 Å². The summed E-state index contributed by atoms with van der Waals surface area (Å²) >= 11 is 6.21. The van der Waals surface area contributed by atoms with E-state index in [1.807, 2.05) is 18.8 Å². The monoisotopic (exact) mass is 302 g/mol. The predicted octanol–water partition coefficient (Wildman–Crippen LogP) is 1.70. The first-order valence-electron chi connectivity index (χ1n) is 7.18. The first kappa shape index (κ1) is 17.4. The third-order valence-electron chi connectivity index (χ3n) is 3.28. The van der Waals surface area contributed by atoms with Crippen LogP contribution in [0, 0.1) is 0 Å². The average molecular weight is 303 g/mol. The van der Waals surface area contributed by atoms with Gasteiger partial charge in [-0.25, -0.2) is 0 Å². The first-order valence-corrected chi connectivity index (χ1v) is 7.56. The van der Waals surface area contributed by atoms with Gasteiger partial charge < -0.3 is 15.3 Å². The number of likely N-dealkylation sites (N-methyl/N-ethyl adjacent to an activating group) is 1. The molecule has 2 N–H and O–H groups in total. The molecule has 6 heteroatoms. The fourth-order valence-corrected chi connectivity index (χ4v) is 2.46. The smallest absolute Gasteiger partial charge is 0.106 e. The van der Waals surface area contributed by atoms with Gasteiger partial charge in [-0.05, 0) is 47.0 Å². The van der Waals surface area contributed by atoms with Gasteiger partial charge in [0.1, 0.15) is 5.60 Å². The summed E-state index contributed by atoms with van der Waals surface area (Å²) in [4.78, 5) is 2.08. The Morgan fingerprint density at radius 2 is 2.15 bits per heavy atom. The SMILES string of the molecule is CCCNCCC(C)(O)c1c(Cl)cnn1CCN(C)C. The summed E-state index contributed by atoms with van der Waals surface area (Å²) in [6.45, 7) is 7.22. The lowest BCUT2D eigenvalue weighted by molar-refractivity contribution is 0.0383. The fourth-order valence-electron chi connectivity index (χ4n) is 2.11. The highest BCUT2D eigenvalue weighted by molar-refractivity contribution is 6.31. The molecule has 20 heavy (non-hydrogen) atoms. The predicted molar refractivity (Wildman–Crippen MR) is 83.1 cm³/mol. The zero-order chi connectivity index (χ0) is 15.2. The van der Waals surface area contributed by atoms with Crippen molar-refractivity contribution in [2.24, 2.45) is 0 Å². The molecule has 0 aromatic carbocycles. The minimum atomic E-state index is -0.972. The van der Waals surface area contributed by atoms with Gasteiger partial charge in [-0.3, -0.25) is 4.68 Å². The number of hydrogen-bond acceptors (Lipinski definition) is 4. The van der Waals surface area contributed by atoms with E-state index in [0.717, 1.165) is 26.1 Å². The molecule has 5 nitrogen and oxygen atoms in total. The molecule has 116 valence electrons. The summed E-state index contributed by atoms with van der Waals surface area (Å²) < 4.78 is 1.81. The van der Waals surface area contributed by atoms with Crippen LogP contribution in [0.1, 0.15) is 32.4 Å². The van der Waals surface area contributed by atoms with Crippen LogP contribution in [0.15, 0.2) is 6.20 Å². The lowest BCUT2D eigenvalue weighted by Gasteiger charge is -2.25. The Hall–Kier alpha value is -0.620. The van der Waals surface area contributed by atoms with Crippen LogP contribution >= 0.6 is 11.6 Å². The molecule has 1 atom stereocenters. The molecule has 1 aromatic heterocycles. The maximum atomic E-state index is 10.7. The van der Waals surface area contributed by atoms with Crippen LogP contribution in [0.4, 0.5) is 0 Å². The maximum absolute atomic E-state index is 10.7. The molecule has 0 aliphatic heterocycles. The highest BCUT2D eigenvalue weighted by atomic mass is 35.5. The van der Waals surface area contributed by atoms with E-state index in [0.29, 0.717) is 23.7 Å². The van der Waals surface area contributed by atoms with Gasteiger partial charge in [-0.1, -0.05) is 18.5 Å². The van der Waals surface area contributed by atoms with Crippen molar-refractivity contribution in [2.75, 3.05) is 33.7 Å². The maximum Gasteiger partial charge on any atom is 0.106 e. The lowest BCUT2D eigenvalue weighted by atomic mass is 9.98. The zero-order valence-electron chi connectivity index (χ0n) is 13.0. The van der Waals surface area contributed by atoms with Crippen LogP contribution in [0.2, 0.25) is 5.02 Å². The Morgan fingerprint density at radius 1 is 1.45 bits per heavy atom. The van der Waals surface area contributed by atoms with Crippen molar-refractivity contribution < 1.29 is 5.11 Å². The summed E-state index contributed by atoms with van der Waals surface area (Å²) in [6, 6.07) is 0. The normalized spacial score (nSPS) is 14.8. The van der Waals surface area contributed by atoms with Crippen LogP contribution in [0.25, 0.3) is 0 Å². The molecule has 0 bridgehead atoms. The summed E-state index contributed by atoms with van der Waals surface area (Å²) in [5, 5.41) is 18.8. The fraction of sp³-hybridized carbons (Fsp3) is 0.786. The van der Waals surface area contributed by atoms with Gasteiger partial charge >= 0.3 is 0 Å². The topological polar surface area (TPSA) is 53.3 Å². The number of nitrogens with zero attached hydrogens (tertiary/aromatic N) is 3. The molecule has 1 rings (SSSR count). The molecule has 1 heterocycles. The Kier molecular flexibility index (Phi) is 6.95. The number of rotatable bonds is 9. The van der Waals surface area contributed by atoms with Crippen molar-refractivity contribution in [3.8, 4) is 0 Å². The van der Waals surface area contributed by atoms with Crippen LogP contribution in [-0.4, -0.2) is 53.5 Å². The molecule has 0 fully saturated rings. The molecule has 1 unspecified atom stereocenters. The molecule has 1 aromatic rings. The third kappa shape index (κ3) is 5.05. The summed E-state index contributed by atoms with van der Waals surface area (Å²) in [5.74, 6) is 0. The Bertz CT molecular complexity index is 404. The number of halogens is 1. The molecule has 0 saturated carbocycles. The molecule has 0 spiro atoms. The van der Waals surface area contributed by atoms with E-state index in [2.05, 4.69) is 22.2 Å². The van der Waals surface area contributed by atoms with E-state index in [-0.39, 0.29) is 0 Å². The van der Waals surface area contributed by atoms with Gasteiger partial charge in [0, 0.05) is 6.54 Å². The molecule has 0 aliphatic rings. The number of hydrogen-bond donors (Lipinski definition) is 2. The largest absolute Gasteiger partial charge is 0.384 e. The lowest BCUT2D eigenvalue weighted by Crippen LogP contribution is -2.32. The second kappa shape index (κ2) is 7.98. The molecule has 0 radical (unpaired) electrons. The van der Waals surface area contributed by atoms with E-state index >= 15 is 0 Å². The molecule has 0 amide bonds. The van der Waals surface area contributed by atoms with Gasteiger partial charge in [-0.15, -0.1) is 0 Å². The number of nitrogens with one attached hydrogen (secondary N) is 1. The van der Waals surface area contributed by atoms with Gasteiger partial charge in [0.05, 0.1) is 23.5 Å². The van der Waals surface area contributed by atoms with E-state index in [4.69, 9.17) is 11.6 Å². The van der Waals surface area contributed by atoms with Crippen LogP contribution in [0.3, 0.4) is 0 Å². The third-order valence-corrected chi connectivity index (χ3v) is 3.56. The Labute approximate surface area is 126 Å². The number of aliphatic hydroxyl groups is 1. The Morgan fingerprint density at radius 3 is 2.75 bits per heavy atom. The van der Waals surface area contributed by atoms with Gasteiger partial charge in [-0.2, -0.15) is 5.10 Å². The van der Waals surface area contributed by atoms with E-state index in [1.54, 1.807) is 13.1 Å². The minimum absolute atomic E-state index is 0.532. The van der Waals surface area contributed by atoms with Crippen LogP contribution in [0.5, 0.6) is 0 Å². The van der Waals surface area contributed by atoms with Crippen molar-refractivity contribution >= 4 is 11.6 Å². The molecule has 0 saturated heterocycles. The second-order valence-electron chi connectivity index (χ2n) is 5.64. The van der Waals surface area contributed by atoms with Crippen molar-refractivity contribution in [1.82, 2.24) is 20.0 Å². The van der Waals surface area contributed by atoms with Crippen molar-refractivity contribution in [3.05, 3.63) is 16.9 Å². The Balaban J connectivity index is 2.73. The molecular weight excluding hydrogens is 276 g/mol. The number of aromatic nitrogens is 2. The van der Waals surface area contributed by atoms with Crippen LogP contribution in [-0.2, 0) is 12.1 Å². The van der Waals surface area contributed by atoms with Crippen molar-refractivity contribution in [3.63, 3.8) is 0 Å². The van der Waals surface area contributed by atoms with Crippen LogP contribution < -0.4 is 5.32 Å². The zero-order valence-corrected chi connectivity index (χ0v) is 13.7. The quantitative estimate of drug-likeness (QED) is 0.682. The van der Waals surface area contributed by atoms with Crippen molar-refractivity contribution in [2.45, 2.75) is 38.8 Å². The summed E-state index contributed by atoms with van der Waals surface area (Å²) in [7, 11) is 4.02. The minimum Gasteiger partial charge on any atom is -0.384 e. The van der Waals surface area contributed by atoms with E-state index < -0.39 is 5.60 Å². The standard InChI is InChI=1S/C14H27ClN4O/c1-5-7-16-8-6-14(2,20)13-12(15)11-17-19(13)10-9-18(3)4/h11,16,20H,5-10H2,1-4H3. The van der Waals surface area contributed by atoms with E-state index in [9.17, 15) is 5.11 Å². The van der Waals surface area contributed by atoms with Gasteiger partial charge in [0.25, 0.3) is 0 Å². The second-order valence-corrected chi connectivity index (χ2v) is 6.05. The van der Waals surface area contributed by atoms with E-state index in [1.165, 1.54) is 0 Å². The van der Waals surface area contributed by atoms with Gasteiger partial charge in [0.2, 0.25) is 0 Å². The summed E-state index contributed by atoms with van der Waals surface area (Å²) in [6.07, 6.45) is 3.31. The first-order chi connectivity index (χ1) is 9.38. The highest BCUT2D eigenvalue weighted by Crippen LogP contribution is 2.30. The van der Waals surface area contributed by atoms with Crippen molar-refractivity contribution in [1.29, 1.82) is 0 Å². The highest BCUT2D eigenvalue weighted by Gasteiger charge is 2.29. The molecule has 0 aliphatic carbocycles. The molecular formula is C14H27ClN4O. The summed E-state index contributed by atoms with van der Waals surface area (Å²) in [5.41, 5.74) is -0.264.